The van der Waals surface area contributed by atoms with Crippen molar-refractivity contribution in [1.82, 2.24) is 0 Å². The molecule has 1 aromatic heterocycles. The van der Waals surface area contributed by atoms with Gasteiger partial charge in [-0.3, -0.25) is 0 Å². The van der Waals surface area contributed by atoms with Crippen molar-refractivity contribution in [2.45, 2.75) is 45.3 Å². The van der Waals surface area contributed by atoms with E-state index in [1.54, 1.807) is 11.3 Å². The van der Waals surface area contributed by atoms with Gasteiger partial charge in [0.15, 0.2) is 0 Å². The van der Waals surface area contributed by atoms with E-state index in [4.69, 9.17) is 4.74 Å². The van der Waals surface area contributed by atoms with E-state index in [0.29, 0.717) is 12.8 Å². The van der Waals surface area contributed by atoms with Crippen LogP contribution in [0.2, 0.25) is 0 Å². The average molecular weight is 296 g/mol. The van der Waals surface area contributed by atoms with Gasteiger partial charge in [0.25, 0.3) is 0 Å². The Hall–Kier alpha value is -1.33. The molecule has 1 unspecified atom stereocenters. The van der Waals surface area contributed by atoms with Crippen molar-refractivity contribution < 1.29 is 19.7 Å². The highest BCUT2D eigenvalue weighted by molar-refractivity contribution is 7.10. The first-order valence-electron chi connectivity index (χ1n) is 6.75. The van der Waals surface area contributed by atoms with E-state index in [0.717, 1.165) is 22.9 Å². The lowest BCUT2D eigenvalue weighted by molar-refractivity contribution is -0.163. The summed E-state index contributed by atoms with van der Waals surface area (Å²) in [6, 6.07) is 1.91. The van der Waals surface area contributed by atoms with Crippen molar-refractivity contribution in [3.8, 4) is 0 Å². The predicted octanol–water partition coefficient (Wildman–Crippen LogP) is 2.96. The van der Waals surface area contributed by atoms with Gasteiger partial charge in [0, 0.05) is 11.3 Å². The second-order valence-electron chi connectivity index (χ2n) is 5.48. The zero-order valence-corrected chi connectivity index (χ0v) is 12.6. The van der Waals surface area contributed by atoms with E-state index in [2.05, 4.69) is 0 Å². The number of carbonyl (C=O) groups is 1. The van der Waals surface area contributed by atoms with Gasteiger partial charge in [-0.05, 0) is 35.8 Å². The molecule has 2 rings (SSSR count). The van der Waals surface area contributed by atoms with Crippen LogP contribution in [0.4, 0.5) is 0 Å². The van der Waals surface area contributed by atoms with Crippen molar-refractivity contribution >= 4 is 17.3 Å². The first-order chi connectivity index (χ1) is 9.47. The van der Waals surface area contributed by atoms with Crippen molar-refractivity contribution in [1.29, 1.82) is 0 Å². The second kappa shape index (κ2) is 5.97. The lowest BCUT2D eigenvalue weighted by Crippen LogP contribution is -2.43. The summed E-state index contributed by atoms with van der Waals surface area (Å²) >= 11 is 1.60. The first kappa shape index (κ1) is 15.1. The number of rotatable bonds is 5. The molecule has 1 aliphatic rings. The quantitative estimate of drug-likeness (QED) is 0.820. The van der Waals surface area contributed by atoms with Gasteiger partial charge in [-0.15, -0.1) is 11.3 Å². The molecule has 0 saturated carbocycles. The lowest BCUT2D eigenvalue weighted by Gasteiger charge is -2.39. The molecule has 0 radical (unpaired) electrons. The molecule has 5 heteroatoms. The van der Waals surface area contributed by atoms with Crippen molar-refractivity contribution in [2.75, 3.05) is 0 Å². The van der Waals surface area contributed by atoms with Crippen molar-refractivity contribution in [3.05, 3.63) is 33.7 Å². The lowest BCUT2D eigenvalue weighted by atomic mass is 9.80. The molecule has 110 valence electrons. The van der Waals surface area contributed by atoms with E-state index in [9.17, 15) is 15.0 Å². The standard InChI is InChI=1S/C15H20O4S/c1-10(2)15(8-12(17)7-14(18)19-15)5-3-13-11(9-16)4-6-20-13/h4,6-7,10,16-17H,3,5,8-9H2,1-2H3. The molecule has 0 aromatic carbocycles. The molecule has 1 aromatic rings. The van der Waals surface area contributed by atoms with Gasteiger partial charge in [0.1, 0.15) is 11.4 Å². The fourth-order valence-electron chi connectivity index (χ4n) is 2.56. The van der Waals surface area contributed by atoms with Crippen LogP contribution >= 0.6 is 11.3 Å². The van der Waals surface area contributed by atoms with Crippen LogP contribution in [0.3, 0.4) is 0 Å². The molecule has 2 N–H and O–H groups in total. The molecule has 0 saturated heterocycles. The summed E-state index contributed by atoms with van der Waals surface area (Å²) in [5.41, 5.74) is 0.267. The van der Waals surface area contributed by atoms with Gasteiger partial charge in [0.05, 0.1) is 12.7 Å². The molecule has 2 heterocycles. The molecule has 20 heavy (non-hydrogen) atoms. The van der Waals surface area contributed by atoms with Gasteiger partial charge in [-0.1, -0.05) is 13.8 Å². The van der Waals surface area contributed by atoms with Crippen LogP contribution in [0.25, 0.3) is 0 Å². The molecule has 0 amide bonds. The van der Waals surface area contributed by atoms with Gasteiger partial charge in [-0.25, -0.2) is 4.79 Å². The maximum absolute atomic E-state index is 11.6. The van der Waals surface area contributed by atoms with Crippen molar-refractivity contribution in [3.63, 3.8) is 0 Å². The number of cyclic esters (lactones) is 1. The summed E-state index contributed by atoms with van der Waals surface area (Å²) < 4.78 is 5.54. The van der Waals surface area contributed by atoms with Crippen molar-refractivity contribution in [2.24, 2.45) is 5.92 Å². The molecular weight excluding hydrogens is 276 g/mol. The summed E-state index contributed by atoms with van der Waals surface area (Å²) in [4.78, 5) is 12.7. The smallest absolute Gasteiger partial charge is 0.334 e. The number of aryl methyl sites for hydroxylation is 1. The third-order valence-corrected chi connectivity index (χ3v) is 4.93. The number of aliphatic hydroxyl groups excluding tert-OH is 2. The molecule has 0 aliphatic carbocycles. The number of hydrogen-bond acceptors (Lipinski definition) is 5. The van der Waals surface area contributed by atoms with E-state index < -0.39 is 11.6 Å². The SMILES string of the molecule is CC(C)C1(CCc2sccc2CO)CC(O)=CC(=O)O1. The second-order valence-corrected chi connectivity index (χ2v) is 6.48. The van der Waals surface area contributed by atoms with Crippen LogP contribution in [-0.4, -0.2) is 21.8 Å². The summed E-state index contributed by atoms with van der Waals surface area (Å²) in [7, 11) is 0. The van der Waals surface area contributed by atoms with Gasteiger partial charge in [0.2, 0.25) is 0 Å². The van der Waals surface area contributed by atoms with E-state index >= 15 is 0 Å². The Morgan fingerprint density at radius 2 is 2.25 bits per heavy atom. The molecule has 4 nitrogen and oxygen atoms in total. The summed E-state index contributed by atoms with van der Waals surface area (Å²) in [5, 5.41) is 21.0. The normalized spacial score (nSPS) is 22.8. The molecule has 1 atom stereocenters. The minimum absolute atomic E-state index is 0.0262. The van der Waals surface area contributed by atoms with Gasteiger partial charge < -0.3 is 14.9 Å². The van der Waals surface area contributed by atoms with Crippen LogP contribution in [-0.2, 0) is 22.6 Å². The number of thiophene rings is 1. The highest BCUT2D eigenvalue weighted by Gasteiger charge is 2.41. The molecule has 0 fully saturated rings. The third-order valence-electron chi connectivity index (χ3n) is 3.90. The van der Waals surface area contributed by atoms with Crippen LogP contribution < -0.4 is 0 Å². The molecule has 0 spiro atoms. The Labute approximate surface area is 122 Å². The number of hydrogen-bond donors (Lipinski definition) is 2. The van der Waals surface area contributed by atoms with Gasteiger partial charge in [-0.2, -0.15) is 0 Å². The Morgan fingerprint density at radius 3 is 2.85 bits per heavy atom. The van der Waals surface area contributed by atoms with E-state index in [1.807, 2.05) is 25.3 Å². The van der Waals surface area contributed by atoms with Crippen LogP contribution in [0, 0.1) is 5.92 Å². The third kappa shape index (κ3) is 3.04. The Morgan fingerprint density at radius 1 is 1.50 bits per heavy atom. The summed E-state index contributed by atoms with van der Waals surface area (Å²) in [5.74, 6) is -0.278. The zero-order chi connectivity index (χ0) is 14.8. The first-order valence-corrected chi connectivity index (χ1v) is 7.63. The zero-order valence-electron chi connectivity index (χ0n) is 11.8. The van der Waals surface area contributed by atoms with Crippen LogP contribution in [0.1, 0.15) is 37.1 Å². The van der Waals surface area contributed by atoms with Crippen LogP contribution in [0.15, 0.2) is 23.3 Å². The minimum atomic E-state index is -0.660. The van der Waals surface area contributed by atoms with E-state index in [-0.39, 0.29) is 18.3 Å². The summed E-state index contributed by atoms with van der Waals surface area (Å²) in [6.07, 6.45) is 2.87. The van der Waals surface area contributed by atoms with Crippen LogP contribution in [0.5, 0.6) is 0 Å². The highest BCUT2D eigenvalue weighted by Crippen LogP contribution is 2.37. The van der Waals surface area contributed by atoms with Gasteiger partial charge >= 0.3 is 5.97 Å². The Bertz CT molecular complexity index is 518. The molecular formula is C15H20O4S. The fraction of sp³-hybridized carbons (Fsp3) is 0.533. The maximum Gasteiger partial charge on any atom is 0.334 e. The molecule has 1 aliphatic heterocycles. The minimum Gasteiger partial charge on any atom is -0.512 e. The Kier molecular flexibility index (Phi) is 4.50. The summed E-state index contributed by atoms with van der Waals surface area (Å²) in [6.45, 7) is 4.01. The maximum atomic E-state index is 11.6. The number of aliphatic hydroxyl groups is 2. The fourth-order valence-corrected chi connectivity index (χ4v) is 3.46. The highest BCUT2D eigenvalue weighted by atomic mass is 32.1. The average Bonchev–Trinajstić information content (AvgIpc) is 2.82. The Balaban J connectivity index is 2.15. The topological polar surface area (TPSA) is 66.8 Å². The number of ether oxygens (including phenoxy) is 1. The number of carbonyl (C=O) groups excluding carboxylic acids is 1. The number of esters is 1. The van der Waals surface area contributed by atoms with E-state index in [1.165, 1.54) is 0 Å². The predicted molar refractivity (Wildman–Crippen MR) is 77.6 cm³/mol. The largest absolute Gasteiger partial charge is 0.512 e. The monoisotopic (exact) mass is 296 g/mol. The molecule has 0 bridgehead atoms.